The van der Waals surface area contributed by atoms with E-state index in [9.17, 15) is 14.7 Å². The summed E-state index contributed by atoms with van der Waals surface area (Å²) in [5, 5.41) is 27.8. The van der Waals surface area contributed by atoms with E-state index in [0.29, 0.717) is 5.82 Å². The van der Waals surface area contributed by atoms with E-state index < -0.39 is 17.9 Å². The fourth-order valence-electron chi connectivity index (χ4n) is 3.47. The summed E-state index contributed by atoms with van der Waals surface area (Å²) in [5.41, 5.74) is 0. The molecule has 2 bridgehead atoms. The van der Waals surface area contributed by atoms with Crippen LogP contribution >= 0.6 is 0 Å². The molecule has 2 aliphatic carbocycles. The van der Waals surface area contributed by atoms with Gasteiger partial charge in [0.25, 0.3) is 0 Å². The number of hydrogen-bond acceptors (Lipinski definition) is 5. The van der Waals surface area contributed by atoms with E-state index in [2.05, 4.69) is 31.3 Å². The Kier molecular flexibility index (Phi) is 3.25. The smallest absolute Gasteiger partial charge is 0.315 e. The lowest BCUT2D eigenvalue weighted by Gasteiger charge is -2.28. The highest BCUT2D eigenvalue weighted by atomic mass is 16.4. The molecule has 1 aromatic heterocycles. The van der Waals surface area contributed by atoms with Crippen molar-refractivity contribution in [3.05, 3.63) is 5.82 Å². The molecule has 1 aromatic rings. The molecule has 4 atom stereocenters. The molecule has 4 N–H and O–H groups in total. The van der Waals surface area contributed by atoms with Crippen molar-refractivity contribution in [3.8, 4) is 0 Å². The number of carbonyl (C=O) groups excluding carboxylic acids is 1. The third kappa shape index (κ3) is 2.30. The van der Waals surface area contributed by atoms with Gasteiger partial charge in [-0.2, -0.15) is 5.21 Å². The van der Waals surface area contributed by atoms with Crippen molar-refractivity contribution in [2.24, 2.45) is 17.8 Å². The highest BCUT2D eigenvalue weighted by Crippen LogP contribution is 2.48. The van der Waals surface area contributed by atoms with Crippen molar-refractivity contribution < 1.29 is 14.7 Å². The first-order valence-electron chi connectivity index (χ1n) is 6.64. The Balaban J connectivity index is 1.56. The number of nitrogens with one attached hydrogen (secondary N) is 3. The second-order valence-corrected chi connectivity index (χ2v) is 5.38. The van der Waals surface area contributed by atoms with Crippen LogP contribution in [0.3, 0.4) is 0 Å². The number of aromatic amines is 1. The van der Waals surface area contributed by atoms with Crippen LogP contribution in [0.4, 0.5) is 4.79 Å². The molecule has 0 aliphatic heterocycles. The van der Waals surface area contributed by atoms with Gasteiger partial charge in [0, 0.05) is 6.04 Å². The predicted octanol–water partition coefficient (Wildman–Crippen LogP) is -0.502. The molecule has 20 heavy (non-hydrogen) atoms. The molecule has 2 saturated carbocycles. The molecule has 0 radical (unpaired) electrons. The zero-order chi connectivity index (χ0) is 14.1. The summed E-state index contributed by atoms with van der Waals surface area (Å²) in [6.45, 7) is 0.154. The number of H-pyrrole nitrogens is 1. The van der Waals surface area contributed by atoms with Crippen molar-refractivity contribution in [2.45, 2.75) is 31.8 Å². The SMILES string of the molecule is O=C(NCc1nn[nH]n1)NC1C2CCC(C2)C1C(=O)O. The average molecular weight is 280 g/mol. The molecule has 0 saturated heterocycles. The first kappa shape index (κ1) is 12.8. The zero-order valence-corrected chi connectivity index (χ0v) is 10.7. The number of urea groups is 1. The number of amides is 2. The van der Waals surface area contributed by atoms with Crippen LogP contribution in [0.15, 0.2) is 0 Å². The van der Waals surface area contributed by atoms with Gasteiger partial charge >= 0.3 is 12.0 Å². The van der Waals surface area contributed by atoms with Crippen LogP contribution in [0.5, 0.6) is 0 Å². The van der Waals surface area contributed by atoms with Gasteiger partial charge in [-0.05, 0) is 31.1 Å². The van der Waals surface area contributed by atoms with Crippen molar-refractivity contribution in [1.82, 2.24) is 31.3 Å². The molecule has 4 unspecified atom stereocenters. The molecular weight excluding hydrogens is 264 g/mol. The maximum absolute atomic E-state index is 11.8. The summed E-state index contributed by atoms with van der Waals surface area (Å²) in [5.74, 6) is -0.440. The third-order valence-electron chi connectivity index (χ3n) is 4.30. The fourth-order valence-corrected chi connectivity index (χ4v) is 3.47. The van der Waals surface area contributed by atoms with Crippen molar-refractivity contribution in [2.75, 3.05) is 0 Å². The molecule has 2 amide bonds. The van der Waals surface area contributed by atoms with Gasteiger partial charge in [-0.3, -0.25) is 4.79 Å². The van der Waals surface area contributed by atoms with E-state index in [0.717, 1.165) is 19.3 Å². The molecule has 3 rings (SSSR count). The summed E-state index contributed by atoms with van der Waals surface area (Å²) in [6, 6.07) is -0.671. The van der Waals surface area contributed by atoms with Gasteiger partial charge < -0.3 is 15.7 Å². The Bertz CT molecular complexity index is 504. The first-order chi connectivity index (χ1) is 9.65. The maximum atomic E-state index is 11.8. The van der Waals surface area contributed by atoms with Crippen molar-refractivity contribution >= 4 is 12.0 Å². The minimum atomic E-state index is -0.819. The highest BCUT2D eigenvalue weighted by Gasteiger charge is 2.51. The van der Waals surface area contributed by atoms with Crippen molar-refractivity contribution in [3.63, 3.8) is 0 Å². The number of aliphatic carboxylic acids is 1. The summed E-state index contributed by atoms with van der Waals surface area (Å²) in [4.78, 5) is 23.2. The van der Waals surface area contributed by atoms with Crippen LogP contribution in [0.2, 0.25) is 0 Å². The van der Waals surface area contributed by atoms with E-state index in [4.69, 9.17) is 0 Å². The van der Waals surface area contributed by atoms with Gasteiger partial charge in [0.05, 0.1) is 12.5 Å². The third-order valence-corrected chi connectivity index (χ3v) is 4.30. The Morgan fingerprint density at radius 2 is 2.15 bits per heavy atom. The van der Waals surface area contributed by atoms with Crippen LogP contribution in [-0.4, -0.2) is 43.8 Å². The molecule has 2 fully saturated rings. The molecule has 0 aromatic carbocycles. The molecule has 9 nitrogen and oxygen atoms in total. The van der Waals surface area contributed by atoms with E-state index >= 15 is 0 Å². The lowest BCUT2D eigenvalue weighted by molar-refractivity contribution is -0.144. The van der Waals surface area contributed by atoms with E-state index in [-0.39, 0.29) is 24.4 Å². The van der Waals surface area contributed by atoms with E-state index in [1.54, 1.807) is 0 Å². The Hall–Kier alpha value is -2.19. The lowest BCUT2D eigenvalue weighted by Crippen LogP contribution is -2.50. The first-order valence-corrected chi connectivity index (χ1v) is 6.64. The monoisotopic (exact) mass is 280 g/mol. The Morgan fingerprint density at radius 1 is 1.35 bits per heavy atom. The summed E-state index contributed by atoms with van der Waals surface area (Å²) in [7, 11) is 0. The second kappa shape index (κ2) is 5.06. The van der Waals surface area contributed by atoms with Crippen LogP contribution < -0.4 is 10.6 Å². The van der Waals surface area contributed by atoms with Gasteiger partial charge in [0.15, 0.2) is 5.82 Å². The highest BCUT2D eigenvalue weighted by molar-refractivity contribution is 5.77. The molecule has 1 heterocycles. The number of hydrogen-bond donors (Lipinski definition) is 4. The predicted molar refractivity (Wildman–Crippen MR) is 65.3 cm³/mol. The number of tetrazole rings is 1. The summed E-state index contributed by atoms with van der Waals surface area (Å²) < 4.78 is 0. The number of rotatable bonds is 4. The molecule has 2 aliphatic rings. The maximum Gasteiger partial charge on any atom is 0.315 e. The van der Waals surface area contributed by atoms with Gasteiger partial charge in [-0.1, -0.05) is 5.21 Å². The molecule has 0 spiro atoms. The lowest BCUT2D eigenvalue weighted by atomic mass is 9.84. The van der Waals surface area contributed by atoms with Gasteiger partial charge in [0.2, 0.25) is 0 Å². The number of fused-ring (bicyclic) bond motifs is 2. The van der Waals surface area contributed by atoms with E-state index in [1.807, 2.05) is 0 Å². The van der Waals surface area contributed by atoms with E-state index in [1.165, 1.54) is 0 Å². The Labute approximate surface area is 114 Å². The molecule has 9 heteroatoms. The normalized spacial score (nSPS) is 31.2. The topological polar surface area (TPSA) is 133 Å². The van der Waals surface area contributed by atoms with Crippen LogP contribution in [0, 0.1) is 17.8 Å². The number of carbonyl (C=O) groups is 2. The fraction of sp³-hybridized carbons (Fsp3) is 0.727. The Morgan fingerprint density at radius 3 is 2.85 bits per heavy atom. The standard InChI is InChI=1S/C11H16N6O3/c18-10(19)8-5-1-2-6(3-5)9(8)13-11(20)12-4-7-14-16-17-15-7/h5-6,8-9H,1-4H2,(H,18,19)(H2,12,13,20)(H,14,15,16,17). The van der Waals surface area contributed by atoms with Gasteiger partial charge in [0.1, 0.15) is 0 Å². The van der Waals surface area contributed by atoms with Crippen LogP contribution in [0.1, 0.15) is 25.1 Å². The number of carboxylic acid groups (broad SMARTS) is 1. The average Bonchev–Trinajstić information content (AvgIpc) is 3.12. The summed E-state index contributed by atoms with van der Waals surface area (Å²) in [6.07, 6.45) is 2.83. The minimum absolute atomic E-state index is 0.154. The second-order valence-electron chi connectivity index (χ2n) is 5.38. The quantitative estimate of drug-likeness (QED) is 0.587. The largest absolute Gasteiger partial charge is 0.481 e. The number of carboxylic acids is 1. The summed E-state index contributed by atoms with van der Waals surface area (Å²) >= 11 is 0. The number of nitrogens with zero attached hydrogens (tertiary/aromatic N) is 3. The van der Waals surface area contributed by atoms with Gasteiger partial charge in [-0.25, -0.2) is 4.79 Å². The molecule has 108 valence electrons. The minimum Gasteiger partial charge on any atom is -0.481 e. The van der Waals surface area contributed by atoms with Crippen LogP contribution in [-0.2, 0) is 11.3 Å². The number of aromatic nitrogens is 4. The van der Waals surface area contributed by atoms with Gasteiger partial charge in [-0.15, -0.1) is 10.2 Å². The van der Waals surface area contributed by atoms with Crippen molar-refractivity contribution in [1.29, 1.82) is 0 Å². The van der Waals surface area contributed by atoms with Crippen LogP contribution in [0.25, 0.3) is 0 Å². The zero-order valence-electron chi connectivity index (χ0n) is 10.7. The molecular formula is C11H16N6O3.